The lowest BCUT2D eigenvalue weighted by atomic mass is 10.0. The number of aromatic nitrogens is 5. The van der Waals surface area contributed by atoms with Gasteiger partial charge in [-0.25, -0.2) is 13.8 Å². The minimum Gasteiger partial charge on any atom is -0.365 e. The molecule has 0 bridgehead atoms. The molecule has 4 heterocycles. The number of hydrogen-bond acceptors (Lipinski definition) is 6. The zero-order valence-corrected chi connectivity index (χ0v) is 22.4. The van der Waals surface area contributed by atoms with Crippen LogP contribution >= 0.6 is 27.3 Å². The topological polar surface area (TPSA) is 121 Å². The minimum atomic E-state index is -4.80. The van der Waals surface area contributed by atoms with Gasteiger partial charge in [-0.05, 0) is 48.3 Å². The second-order valence-corrected chi connectivity index (χ2v) is 9.97. The molecular formula is C22H19BrF5N7O2S. The highest BCUT2D eigenvalue weighted by molar-refractivity contribution is 9.10. The molecule has 0 aromatic carbocycles. The van der Waals surface area contributed by atoms with Crippen LogP contribution in [0.25, 0.3) is 21.3 Å². The summed E-state index contributed by atoms with van der Waals surface area (Å²) in [6.07, 6.45) is -6.14. The molecule has 4 rings (SSSR count). The van der Waals surface area contributed by atoms with E-state index in [0.717, 1.165) is 10.7 Å². The third-order valence-electron chi connectivity index (χ3n) is 5.66. The quantitative estimate of drug-likeness (QED) is 0.267. The van der Waals surface area contributed by atoms with E-state index >= 15 is 0 Å². The summed E-state index contributed by atoms with van der Waals surface area (Å²) in [4.78, 5) is 28.5. The van der Waals surface area contributed by atoms with Crippen LogP contribution in [-0.4, -0.2) is 36.4 Å². The molecule has 202 valence electrons. The second-order valence-electron chi connectivity index (χ2n) is 8.18. The van der Waals surface area contributed by atoms with E-state index in [-0.39, 0.29) is 36.5 Å². The minimum absolute atomic E-state index is 0.0358. The summed E-state index contributed by atoms with van der Waals surface area (Å²) in [6, 6.07) is 0.823. The van der Waals surface area contributed by atoms with Crippen molar-refractivity contribution in [2.75, 3.05) is 5.32 Å². The van der Waals surface area contributed by atoms with Gasteiger partial charge in [0.2, 0.25) is 5.91 Å². The van der Waals surface area contributed by atoms with Crippen molar-refractivity contribution in [1.82, 2.24) is 24.5 Å². The molecule has 0 saturated carbocycles. The Morgan fingerprint density at radius 2 is 1.89 bits per heavy atom. The number of halogens is 6. The predicted molar refractivity (Wildman–Crippen MR) is 133 cm³/mol. The molecule has 4 aromatic rings. The number of fused-ring (bicyclic) bond motifs is 1. The standard InChI is InChI=1S/C22H19BrF5N7O2S/c1-4-34-6-11(8(2)32-34)10-5-12(22(26,27)28)30-21-14(10)16(18(38-21)20(29)37)31-13(36)7-35-9(3)15(23)17(33-35)19(24)25/h5-6,19H,4,7H2,1-3H3,(H2,29,37)(H,31,36). The summed E-state index contributed by atoms with van der Waals surface area (Å²) in [5.74, 6) is -1.78. The Morgan fingerprint density at radius 1 is 1.21 bits per heavy atom. The van der Waals surface area contributed by atoms with Crippen molar-refractivity contribution < 1.29 is 31.5 Å². The average molecular weight is 620 g/mol. The molecule has 0 saturated heterocycles. The van der Waals surface area contributed by atoms with Gasteiger partial charge in [0.05, 0.1) is 21.5 Å². The molecule has 0 aliphatic carbocycles. The molecular weight excluding hydrogens is 601 g/mol. The molecule has 0 spiro atoms. The molecule has 16 heteroatoms. The summed E-state index contributed by atoms with van der Waals surface area (Å²) in [5.41, 5.74) is 4.65. The van der Waals surface area contributed by atoms with Crippen LogP contribution in [0.4, 0.5) is 27.6 Å². The Balaban J connectivity index is 1.88. The number of nitrogens with two attached hydrogens (primary N) is 1. The highest BCUT2D eigenvalue weighted by Crippen LogP contribution is 2.44. The SMILES string of the molecule is CCn1cc(-c2cc(C(F)(F)F)nc3sc(C(N)=O)c(NC(=O)Cn4nc(C(F)F)c(Br)c4C)c23)c(C)n1. The van der Waals surface area contributed by atoms with E-state index in [4.69, 9.17) is 5.73 Å². The monoisotopic (exact) mass is 619 g/mol. The molecule has 2 amide bonds. The van der Waals surface area contributed by atoms with Gasteiger partial charge < -0.3 is 11.1 Å². The van der Waals surface area contributed by atoms with E-state index in [0.29, 0.717) is 29.1 Å². The maximum atomic E-state index is 13.7. The van der Waals surface area contributed by atoms with Gasteiger partial charge in [0.25, 0.3) is 12.3 Å². The number of anilines is 1. The summed E-state index contributed by atoms with van der Waals surface area (Å²) in [5, 5.41) is 10.6. The molecule has 38 heavy (non-hydrogen) atoms. The van der Waals surface area contributed by atoms with E-state index in [2.05, 4.69) is 36.4 Å². The van der Waals surface area contributed by atoms with Crippen LogP contribution in [-0.2, 0) is 24.1 Å². The van der Waals surface area contributed by atoms with Crippen LogP contribution in [0, 0.1) is 13.8 Å². The number of alkyl halides is 5. The van der Waals surface area contributed by atoms with Crippen LogP contribution in [0.3, 0.4) is 0 Å². The Morgan fingerprint density at radius 3 is 2.42 bits per heavy atom. The predicted octanol–water partition coefficient (Wildman–Crippen LogP) is 5.45. The van der Waals surface area contributed by atoms with E-state index in [1.54, 1.807) is 20.0 Å². The number of thiophene rings is 1. The fourth-order valence-electron chi connectivity index (χ4n) is 3.85. The third-order valence-corrected chi connectivity index (χ3v) is 7.74. The molecule has 4 aromatic heterocycles. The lowest BCUT2D eigenvalue weighted by molar-refractivity contribution is -0.140. The zero-order chi connectivity index (χ0) is 28.1. The number of aryl methyl sites for hydroxylation is 2. The first-order chi connectivity index (χ1) is 17.7. The van der Waals surface area contributed by atoms with Crippen molar-refractivity contribution in [1.29, 1.82) is 0 Å². The van der Waals surface area contributed by atoms with Crippen LogP contribution in [0.5, 0.6) is 0 Å². The first kappa shape index (κ1) is 27.6. The van der Waals surface area contributed by atoms with Gasteiger partial charge in [0.15, 0.2) is 0 Å². The highest BCUT2D eigenvalue weighted by Gasteiger charge is 2.35. The van der Waals surface area contributed by atoms with E-state index in [1.165, 1.54) is 11.6 Å². The van der Waals surface area contributed by atoms with E-state index < -0.39 is 42.3 Å². The molecule has 0 unspecified atom stereocenters. The van der Waals surface area contributed by atoms with Crippen molar-refractivity contribution in [3.63, 3.8) is 0 Å². The van der Waals surface area contributed by atoms with Gasteiger partial charge in [-0.3, -0.25) is 19.0 Å². The van der Waals surface area contributed by atoms with Crippen LogP contribution in [0.15, 0.2) is 16.7 Å². The second kappa shape index (κ2) is 10.1. The summed E-state index contributed by atoms with van der Waals surface area (Å²) in [6.45, 7) is 4.80. The number of carbonyl (C=O) groups is 2. The van der Waals surface area contributed by atoms with E-state index in [1.807, 2.05) is 0 Å². The maximum absolute atomic E-state index is 13.7. The lowest BCUT2D eigenvalue weighted by Crippen LogP contribution is -2.22. The number of pyridine rings is 1. The molecule has 0 aliphatic heterocycles. The van der Waals surface area contributed by atoms with Crippen molar-refractivity contribution in [2.24, 2.45) is 5.73 Å². The van der Waals surface area contributed by atoms with Crippen molar-refractivity contribution in [3.8, 4) is 11.1 Å². The van der Waals surface area contributed by atoms with Crippen LogP contribution in [0.1, 0.15) is 45.8 Å². The smallest absolute Gasteiger partial charge is 0.365 e. The van der Waals surface area contributed by atoms with Gasteiger partial charge in [-0.2, -0.15) is 23.4 Å². The van der Waals surface area contributed by atoms with Gasteiger partial charge in [0, 0.05) is 23.7 Å². The summed E-state index contributed by atoms with van der Waals surface area (Å²) in [7, 11) is 0. The van der Waals surface area contributed by atoms with Crippen molar-refractivity contribution >= 4 is 55.0 Å². The average Bonchev–Trinajstić information content (AvgIpc) is 3.47. The first-order valence-corrected chi connectivity index (χ1v) is 12.5. The highest BCUT2D eigenvalue weighted by atomic mass is 79.9. The first-order valence-electron chi connectivity index (χ1n) is 10.9. The van der Waals surface area contributed by atoms with Gasteiger partial charge in [0.1, 0.15) is 27.6 Å². The zero-order valence-electron chi connectivity index (χ0n) is 20.0. The number of primary amides is 1. The number of rotatable bonds is 7. The van der Waals surface area contributed by atoms with Gasteiger partial charge in [-0.1, -0.05) is 0 Å². The fraction of sp³-hybridized carbons (Fsp3) is 0.318. The maximum Gasteiger partial charge on any atom is 0.433 e. The normalized spacial score (nSPS) is 12.1. The van der Waals surface area contributed by atoms with Crippen LogP contribution in [0.2, 0.25) is 0 Å². The van der Waals surface area contributed by atoms with Crippen LogP contribution < -0.4 is 11.1 Å². The van der Waals surface area contributed by atoms with Crippen molar-refractivity contribution in [2.45, 2.75) is 46.5 Å². The number of amides is 2. The van der Waals surface area contributed by atoms with Crippen molar-refractivity contribution in [3.05, 3.63) is 44.4 Å². The number of carbonyl (C=O) groups excluding carboxylic acids is 2. The Bertz CT molecular complexity index is 1570. The third kappa shape index (κ3) is 5.01. The molecule has 9 nitrogen and oxygen atoms in total. The number of nitrogens with zero attached hydrogens (tertiary/aromatic N) is 5. The fourth-order valence-corrected chi connectivity index (χ4v) is 5.31. The Hall–Kier alpha value is -3.40. The Labute approximate surface area is 223 Å². The lowest BCUT2D eigenvalue weighted by Gasteiger charge is -2.12. The molecule has 3 N–H and O–H groups in total. The molecule has 0 radical (unpaired) electrons. The Kier molecular flexibility index (Phi) is 7.31. The largest absolute Gasteiger partial charge is 0.433 e. The number of hydrogen-bond donors (Lipinski definition) is 2. The van der Waals surface area contributed by atoms with E-state index in [9.17, 15) is 31.5 Å². The molecule has 0 aliphatic rings. The number of nitrogens with one attached hydrogen (secondary N) is 1. The summed E-state index contributed by atoms with van der Waals surface area (Å²) < 4.78 is 70.2. The molecule has 0 fully saturated rings. The molecule has 0 atom stereocenters. The summed E-state index contributed by atoms with van der Waals surface area (Å²) >= 11 is 3.62. The van der Waals surface area contributed by atoms with Gasteiger partial charge in [-0.15, -0.1) is 11.3 Å². The van der Waals surface area contributed by atoms with Gasteiger partial charge >= 0.3 is 6.18 Å².